The number of carbonyl (C=O) groups excluding carboxylic acids is 1. The maximum atomic E-state index is 13.5. The molecule has 3 fully saturated rings. The second-order valence-corrected chi connectivity index (χ2v) is 9.66. The van der Waals surface area contributed by atoms with E-state index in [1.165, 1.54) is 12.1 Å². The Labute approximate surface area is 206 Å². The smallest absolute Gasteiger partial charge is 0.415 e. The summed E-state index contributed by atoms with van der Waals surface area (Å²) in [6.45, 7) is 4.85. The Bertz CT molecular complexity index is 1100. The van der Waals surface area contributed by atoms with Crippen LogP contribution in [0.2, 0.25) is 0 Å². The van der Waals surface area contributed by atoms with E-state index in [1.54, 1.807) is 17.0 Å². The number of halogens is 1. The summed E-state index contributed by atoms with van der Waals surface area (Å²) in [7, 11) is 0. The van der Waals surface area contributed by atoms with E-state index in [0.717, 1.165) is 54.8 Å². The quantitative estimate of drug-likeness (QED) is 0.395. The third-order valence-electron chi connectivity index (χ3n) is 7.41. The van der Waals surface area contributed by atoms with E-state index in [-0.39, 0.29) is 18.0 Å². The molecule has 1 amide bonds. The third kappa shape index (κ3) is 5.65. The molecule has 0 aromatic heterocycles. The third-order valence-corrected chi connectivity index (χ3v) is 7.41. The van der Waals surface area contributed by atoms with Gasteiger partial charge in [-0.2, -0.15) is 0 Å². The van der Waals surface area contributed by atoms with Crippen molar-refractivity contribution in [3.05, 3.63) is 96.3 Å². The van der Waals surface area contributed by atoms with Crippen LogP contribution >= 0.6 is 0 Å². The number of ether oxygens (including phenoxy) is 2. The molecule has 0 saturated carbocycles. The van der Waals surface area contributed by atoms with Crippen LogP contribution in [-0.4, -0.2) is 49.5 Å². The summed E-state index contributed by atoms with van der Waals surface area (Å²) in [5.74, 6) is 0.823. The molecule has 6 rings (SSSR count). The Morgan fingerprint density at radius 1 is 0.914 bits per heavy atom. The predicted molar refractivity (Wildman–Crippen MR) is 134 cm³/mol. The summed E-state index contributed by atoms with van der Waals surface area (Å²) in [6.07, 6.45) is 1.72. The molecule has 3 aromatic carbocycles. The number of piperidine rings is 3. The molecule has 3 aromatic rings. The summed E-state index contributed by atoms with van der Waals surface area (Å²) in [5, 5.41) is 0. The highest BCUT2D eigenvalue weighted by Crippen LogP contribution is 2.36. The molecule has 3 aliphatic rings. The van der Waals surface area contributed by atoms with Crippen LogP contribution in [0.25, 0.3) is 0 Å². The minimum Gasteiger partial charge on any atom is -0.488 e. The fourth-order valence-electron chi connectivity index (χ4n) is 5.39. The zero-order chi connectivity index (χ0) is 24.1. The topological polar surface area (TPSA) is 38.8 Å². The molecule has 2 bridgehead atoms. The number of amides is 1. The lowest BCUT2D eigenvalue weighted by atomic mass is 9.83. The lowest BCUT2D eigenvalue weighted by Crippen LogP contribution is -2.65. The van der Waals surface area contributed by atoms with Gasteiger partial charge in [0, 0.05) is 24.4 Å². The molecule has 3 aliphatic heterocycles. The molecule has 3 heterocycles. The van der Waals surface area contributed by atoms with Gasteiger partial charge >= 0.3 is 6.09 Å². The monoisotopic (exact) mass is 475 g/mol. The van der Waals surface area contributed by atoms with Gasteiger partial charge in [-0.25, -0.2) is 9.18 Å². The summed E-state index contributed by atoms with van der Waals surface area (Å²) in [5.41, 5.74) is 1.89. The largest absolute Gasteiger partial charge is 0.488 e. The fourth-order valence-corrected chi connectivity index (χ4v) is 5.39. The van der Waals surface area contributed by atoms with Gasteiger partial charge in [-0.05, 0) is 42.0 Å². The summed E-state index contributed by atoms with van der Waals surface area (Å²) in [6, 6.07) is 25.9. The van der Waals surface area contributed by atoms with Gasteiger partial charge in [0.05, 0.1) is 19.6 Å². The number of benzene rings is 3. The molecule has 0 spiro atoms. The van der Waals surface area contributed by atoms with Crippen LogP contribution in [-0.2, 0) is 11.3 Å². The van der Waals surface area contributed by atoms with E-state index in [0.29, 0.717) is 24.8 Å². The van der Waals surface area contributed by atoms with Crippen LogP contribution in [0.5, 0.6) is 5.75 Å². The molecular formula is C29H32FN2O3+. The first-order chi connectivity index (χ1) is 17.1. The van der Waals surface area contributed by atoms with Gasteiger partial charge in [0.2, 0.25) is 0 Å². The molecule has 1 atom stereocenters. The summed E-state index contributed by atoms with van der Waals surface area (Å²) >= 11 is 0. The standard InChI is InChI=1S/C29H32FN2O3/c30-25-11-13-27(14-12-25)34-20-19-32-17-15-24(16-18-32)28(22-32)35-29(33)31(26-9-5-2-6-10-26)21-23-7-3-1-4-8-23/h1-14,24,28H,15-22H2/q+1/t24?,28-,32?/m0/s1. The lowest BCUT2D eigenvalue weighted by molar-refractivity contribution is -0.946. The highest BCUT2D eigenvalue weighted by Gasteiger charge is 2.47. The fraction of sp³-hybridized carbons (Fsp3) is 0.345. The van der Waals surface area contributed by atoms with Crippen LogP contribution in [0.1, 0.15) is 18.4 Å². The van der Waals surface area contributed by atoms with Crippen molar-refractivity contribution in [1.29, 1.82) is 0 Å². The van der Waals surface area contributed by atoms with Gasteiger partial charge < -0.3 is 14.0 Å². The van der Waals surface area contributed by atoms with E-state index in [1.807, 2.05) is 60.7 Å². The van der Waals surface area contributed by atoms with Crippen molar-refractivity contribution in [3.63, 3.8) is 0 Å². The van der Waals surface area contributed by atoms with Crippen molar-refractivity contribution >= 4 is 11.8 Å². The normalized spacial score (nSPS) is 23.0. The molecule has 0 N–H and O–H groups in total. The van der Waals surface area contributed by atoms with E-state index in [9.17, 15) is 9.18 Å². The van der Waals surface area contributed by atoms with E-state index in [2.05, 4.69) is 0 Å². The summed E-state index contributed by atoms with van der Waals surface area (Å²) < 4.78 is 26.1. The summed E-state index contributed by atoms with van der Waals surface area (Å²) in [4.78, 5) is 15.2. The van der Waals surface area contributed by atoms with Crippen LogP contribution in [0.3, 0.4) is 0 Å². The van der Waals surface area contributed by atoms with Gasteiger partial charge in [0.25, 0.3) is 0 Å². The number of para-hydroxylation sites is 1. The molecule has 6 heteroatoms. The SMILES string of the molecule is O=C(O[C@H]1C[N+]2(CCOc3ccc(F)cc3)CCC1CC2)N(Cc1ccccc1)c1ccccc1. The minimum atomic E-state index is -0.292. The Hall–Kier alpha value is -3.38. The maximum Gasteiger partial charge on any atom is 0.415 e. The number of hydrogen-bond acceptors (Lipinski definition) is 3. The molecular weight excluding hydrogens is 443 g/mol. The highest BCUT2D eigenvalue weighted by molar-refractivity contribution is 5.87. The first-order valence-electron chi connectivity index (χ1n) is 12.4. The van der Waals surface area contributed by atoms with Crippen LogP contribution < -0.4 is 9.64 Å². The van der Waals surface area contributed by atoms with Gasteiger partial charge in [-0.1, -0.05) is 48.5 Å². The van der Waals surface area contributed by atoms with E-state index < -0.39 is 0 Å². The van der Waals surface area contributed by atoms with Crippen molar-refractivity contribution in [2.45, 2.75) is 25.5 Å². The number of carbonyl (C=O) groups is 1. The molecule has 3 saturated heterocycles. The lowest BCUT2D eigenvalue weighted by Gasteiger charge is -2.52. The number of rotatable bonds is 8. The Kier molecular flexibility index (Phi) is 7.00. The van der Waals surface area contributed by atoms with Crippen molar-refractivity contribution in [2.75, 3.05) is 37.7 Å². The van der Waals surface area contributed by atoms with Crippen LogP contribution in [0, 0.1) is 11.7 Å². The number of hydrogen-bond donors (Lipinski definition) is 0. The van der Waals surface area contributed by atoms with Gasteiger partial charge in [-0.3, -0.25) is 4.90 Å². The Morgan fingerprint density at radius 2 is 1.57 bits per heavy atom. The van der Waals surface area contributed by atoms with Crippen molar-refractivity contribution in [2.24, 2.45) is 5.92 Å². The average molecular weight is 476 g/mol. The Balaban J connectivity index is 1.24. The molecule has 5 nitrogen and oxygen atoms in total. The van der Waals surface area contributed by atoms with Gasteiger partial charge in [-0.15, -0.1) is 0 Å². The zero-order valence-corrected chi connectivity index (χ0v) is 19.9. The van der Waals surface area contributed by atoms with Crippen LogP contribution in [0.4, 0.5) is 14.9 Å². The number of quaternary nitrogens is 1. The van der Waals surface area contributed by atoms with E-state index >= 15 is 0 Å². The number of fused-ring (bicyclic) bond motifs is 3. The number of nitrogens with zero attached hydrogens (tertiary/aromatic N) is 2. The highest BCUT2D eigenvalue weighted by atomic mass is 19.1. The van der Waals surface area contributed by atoms with Crippen molar-refractivity contribution in [3.8, 4) is 5.75 Å². The molecule has 35 heavy (non-hydrogen) atoms. The molecule has 182 valence electrons. The second kappa shape index (κ2) is 10.5. The Morgan fingerprint density at radius 3 is 2.26 bits per heavy atom. The van der Waals surface area contributed by atoms with E-state index in [4.69, 9.17) is 9.47 Å². The average Bonchev–Trinajstić information content (AvgIpc) is 2.90. The maximum absolute atomic E-state index is 13.5. The minimum absolute atomic E-state index is 0.0993. The molecule has 0 radical (unpaired) electrons. The first-order valence-corrected chi connectivity index (χ1v) is 12.4. The van der Waals surface area contributed by atoms with Crippen LogP contribution in [0.15, 0.2) is 84.9 Å². The molecule has 0 aliphatic carbocycles. The molecule has 0 unspecified atom stereocenters. The van der Waals surface area contributed by atoms with Gasteiger partial charge in [0.1, 0.15) is 31.3 Å². The zero-order valence-electron chi connectivity index (χ0n) is 19.9. The van der Waals surface area contributed by atoms with Gasteiger partial charge in [0.15, 0.2) is 6.10 Å². The van der Waals surface area contributed by atoms with Crippen molar-refractivity contribution in [1.82, 2.24) is 0 Å². The number of anilines is 1. The second-order valence-electron chi connectivity index (χ2n) is 9.66. The van der Waals surface area contributed by atoms with Crippen molar-refractivity contribution < 1.29 is 23.1 Å². The predicted octanol–water partition coefficient (Wildman–Crippen LogP) is 5.66. The first kappa shape index (κ1) is 23.4.